The van der Waals surface area contributed by atoms with Crippen molar-refractivity contribution in [3.63, 3.8) is 0 Å². The topological polar surface area (TPSA) is 53.6 Å². The SMILES string of the molecule is CC(C)NSc1ccc(-c2c(C#N)c3ccc(C4CC4)cc3n2C2CCC2)nc1. The Labute approximate surface area is 176 Å². The van der Waals surface area contributed by atoms with E-state index in [0.717, 1.165) is 27.2 Å². The van der Waals surface area contributed by atoms with Crippen molar-refractivity contribution in [2.45, 2.75) is 68.8 Å². The molecule has 0 amide bonds. The van der Waals surface area contributed by atoms with Crippen molar-refractivity contribution in [3.05, 3.63) is 47.7 Å². The van der Waals surface area contributed by atoms with Gasteiger partial charge in [-0.15, -0.1) is 0 Å². The van der Waals surface area contributed by atoms with Crippen molar-refractivity contribution >= 4 is 22.9 Å². The van der Waals surface area contributed by atoms with Crippen molar-refractivity contribution in [2.75, 3.05) is 0 Å². The second kappa shape index (κ2) is 7.51. The monoisotopic (exact) mass is 402 g/mol. The minimum Gasteiger partial charge on any atom is -0.335 e. The van der Waals surface area contributed by atoms with Crippen LogP contribution in [0.4, 0.5) is 0 Å². The first-order valence-electron chi connectivity index (χ1n) is 10.6. The average Bonchev–Trinajstić information content (AvgIpc) is 3.49. The van der Waals surface area contributed by atoms with Crippen LogP contribution in [0.25, 0.3) is 22.3 Å². The minimum atomic E-state index is 0.409. The van der Waals surface area contributed by atoms with Gasteiger partial charge < -0.3 is 4.57 Å². The summed E-state index contributed by atoms with van der Waals surface area (Å²) in [6.07, 6.45) is 8.12. The summed E-state index contributed by atoms with van der Waals surface area (Å²) in [7, 11) is 0. The summed E-state index contributed by atoms with van der Waals surface area (Å²) in [6.45, 7) is 4.25. The zero-order valence-electron chi connectivity index (χ0n) is 17.0. The van der Waals surface area contributed by atoms with Crippen molar-refractivity contribution in [3.8, 4) is 17.5 Å². The highest BCUT2D eigenvalue weighted by molar-refractivity contribution is 7.97. The second-order valence-electron chi connectivity index (χ2n) is 8.59. The Hall–Kier alpha value is -2.29. The summed E-state index contributed by atoms with van der Waals surface area (Å²) < 4.78 is 5.78. The van der Waals surface area contributed by atoms with Crippen LogP contribution in [0.15, 0.2) is 41.4 Å². The number of benzene rings is 1. The molecule has 0 atom stereocenters. The normalized spacial score (nSPS) is 16.9. The zero-order chi connectivity index (χ0) is 20.0. The lowest BCUT2D eigenvalue weighted by atomic mass is 9.92. The molecule has 2 aliphatic rings. The Morgan fingerprint density at radius 2 is 2.00 bits per heavy atom. The fourth-order valence-electron chi connectivity index (χ4n) is 4.15. The van der Waals surface area contributed by atoms with E-state index >= 15 is 0 Å². The summed E-state index contributed by atoms with van der Waals surface area (Å²) in [5.41, 5.74) is 5.29. The molecule has 5 heteroatoms. The fraction of sp³-hybridized carbons (Fsp3) is 0.417. The molecule has 4 nitrogen and oxygen atoms in total. The van der Waals surface area contributed by atoms with E-state index in [-0.39, 0.29) is 0 Å². The van der Waals surface area contributed by atoms with Crippen LogP contribution in [0.1, 0.15) is 69.0 Å². The van der Waals surface area contributed by atoms with Crippen molar-refractivity contribution in [2.24, 2.45) is 0 Å². The van der Waals surface area contributed by atoms with Gasteiger partial charge in [0.05, 0.1) is 22.5 Å². The Bertz CT molecular complexity index is 1080. The van der Waals surface area contributed by atoms with Gasteiger partial charge in [0.2, 0.25) is 0 Å². The number of nitrogens with one attached hydrogen (secondary N) is 1. The van der Waals surface area contributed by atoms with Gasteiger partial charge in [-0.05, 0) is 87.6 Å². The number of fused-ring (bicyclic) bond motifs is 1. The number of rotatable bonds is 6. The minimum absolute atomic E-state index is 0.409. The highest BCUT2D eigenvalue weighted by atomic mass is 32.2. The molecule has 1 N–H and O–H groups in total. The third kappa shape index (κ3) is 3.45. The molecule has 0 radical (unpaired) electrons. The second-order valence-corrected chi connectivity index (χ2v) is 9.51. The third-order valence-electron chi connectivity index (χ3n) is 6.02. The Morgan fingerprint density at radius 3 is 2.59 bits per heavy atom. The number of aromatic nitrogens is 2. The van der Waals surface area contributed by atoms with Crippen LogP contribution in [-0.2, 0) is 0 Å². The molecule has 2 saturated carbocycles. The van der Waals surface area contributed by atoms with Crippen LogP contribution < -0.4 is 4.72 Å². The third-order valence-corrected chi connectivity index (χ3v) is 7.09. The maximum absolute atomic E-state index is 10.0. The van der Waals surface area contributed by atoms with Gasteiger partial charge in [0, 0.05) is 28.6 Å². The van der Waals surface area contributed by atoms with E-state index in [1.54, 1.807) is 11.9 Å². The number of hydrogen-bond donors (Lipinski definition) is 1. The van der Waals surface area contributed by atoms with E-state index in [0.29, 0.717) is 18.0 Å². The fourth-order valence-corrected chi connectivity index (χ4v) is 4.77. The Kier molecular flexibility index (Phi) is 4.85. The lowest BCUT2D eigenvalue weighted by molar-refractivity contribution is 0.324. The van der Waals surface area contributed by atoms with E-state index in [4.69, 9.17) is 4.98 Å². The quantitative estimate of drug-likeness (QED) is 0.500. The molecule has 2 aromatic heterocycles. The molecular weight excluding hydrogens is 376 g/mol. The van der Waals surface area contributed by atoms with Crippen molar-refractivity contribution in [1.82, 2.24) is 14.3 Å². The molecule has 2 aliphatic carbocycles. The van der Waals surface area contributed by atoms with E-state index in [2.05, 4.69) is 59.5 Å². The van der Waals surface area contributed by atoms with Gasteiger partial charge >= 0.3 is 0 Å². The standard InChI is InChI=1S/C24H26N4S/c1-15(2)27-29-19-9-11-22(26-14-19)24-21(13-25)20-10-8-17(16-6-7-16)12-23(20)28(24)18-4-3-5-18/h8-12,14-16,18,27H,3-7H2,1-2H3. The van der Waals surface area contributed by atoms with Crippen molar-refractivity contribution in [1.29, 1.82) is 5.26 Å². The summed E-state index contributed by atoms with van der Waals surface area (Å²) in [5, 5.41) is 11.1. The molecule has 148 valence electrons. The van der Waals surface area contributed by atoms with E-state index in [1.165, 1.54) is 43.2 Å². The number of pyridine rings is 1. The Morgan fingerprint density at radius 1 is 1.17 bits per heavy atom. The molecule has 0 saturated heterocycles. The predicted molar refractivity (Wildman–Crippen MR) is 119 cm³/mol. The highest BCUT2D eigenvalue weighted by Crippen LogP contribution is 2.45. The zero-order valence-corrected chi connectivity index (χ0v) is 17.8. The number of nitrogens with zero attached hydrogens (tertiary/aromatic N) is 3. The van der Waals surface area contributed by atoms with Gasteiger partial charge in [-0.3, -0.25) is 9.71 Å². The van der Waals surface area contributed by atoms with E-state index in [9.17, 15) is 5.26 Å². The van der Waals surface area contributed by atoms with Gasteiger partial charge in [-0.1, -0.05) is 12.1 Å². The molecule has 1 aromatic carbocycles. The first kappa shape index (κ1) is 18.7. The lowest BCUT2D eigenvalue weighted by Crippen LogP contribution is -2.18. The van der Waals surface area contributed by atoms with E-state index < -0.39 is 0 Å². The summed E-state index contributed by atoms with van der Waals surface area (Å²) >= 11 is 1.60. The lowest BCUT2D eigenvalue weighted by Gasteiger charge is -2.30. The van der Waals surface area contributed by atoms with E-state index in [1.807, 2.05) is 6.20 Å². The van der Waals surface area contributed by atoms with Gasteiger partial charge in [0.25, 0.3) is 0 Å². The molecule has 2 heterocycles. The summed E-state index contributed by atoms with van der Waals surface area (Å²) in [6, 6.07) is 14.3. The summed E-state index contributed by atoms with van der Waals surface area (Å²) in [5.74, 6) is 0.709. The molecule has 3 aromatic rings. The molecule has 0 unspecified atom stereocenters. The molecule has 29 heavy (non-hydrogen) atoms. The molecule has 0 bridgehead atoms. The van der Waals surface area contributed by atoms with Crippen LogP contribution in [0.5, 0.6) is 0 Å². The van der Waals surface area contributed by atoms with Gasteiger partial charge in [-0.25, -0.2) is 0 Å². The van der Waals surface area contributed by atoms with Crippen LogP contribution in [0.3, 0.4) is 0 Å². The first-order valence-corrected chi connectivity index (χ1v) is 11.4. The van der Waals surface area contributed by atoms with Gasteiger partial charge in [0.15, 0.2) is 0 Å². The van der Waals surface area contributed by atoms with Crippen LogP contribution in [0, 0.1) is 11.3 Å². The molecule has 2 fully saturated rings. The smallest absolute Gasteiger partial charge is 0.102 e. The highest BCUT2D eigenvalue weighted by Gasteiger charge is 2.30. The molecule has 5 rings (SSSR count). The van der Waals surface area contributed by atoms with Crippen LogP contribution in [0.2, 0.25) is 0 Å². The van der Waals surface area contributed by atoms with Crippen LogP contribution >= 0.6 is 11.9 Å². The summed E-state index contributed by atoms with van der Waals surface area (Å²) in [4.78, 5) is 5.86. The average molecular weight is 403 g/mol. The first-order chi connectivity index (χ1) is 14.2. The number of hydrogen-bond acceptors (Lipinski definition) is 4. The largest absolute Gasteiger partial charge is 0.335 e. The van der Waals surface area contributed by atoms with Gasteiger partial charge in [-0.2, -0.15) is 5.26 Å². The maximum atomic E-state index is 10.0. The molecule has 0 spiro atoms. The van der Waals surface area contributed by atoms with Crippen LogP contribution in [-0.4, -0.2) is 15.6 Å². The molecule has 0 aliphatic heterocycles. The van der Waals surface area contributed by atoms with Gasteiger partial charge in [0.1, 0.15) is 6.07 Å². The predicted octanol–water partition coefficient (Wildman–Crippen LogP) is 6.18. The van der Waals surface area contributed by atoms with Crippen molar-refractivity contribution < 1.29 is 0 Å². The number of nitriles is 1. The maximum Gasteiger partial charge on any atom is 0.102 e. The molecular formula is C24H26N4S. The Balaban J connectivity index is 1.63.